The van der Waals surface area contributed by atoms with Gasteiger partial charge in [0.15, 0.2) is 9.84 Å². The third kappa shape index (κ3) is 2.77. The van der Waals surface area contributed by atoms with Crippen LogP contribution in [0, 0.1) is 5.41 Å². The van der Waals surface area contributed by atoms with Gasteiger partial charge in [-0.25, -0.2) is 8.42 Å². The summed E-state index contributed by atoms with van der Waals surface area (Å²) >= 11 is 0. The molecule has 94 valence electrons. The summed E-state index contributed by atoms with van der Waals surface area (Å²) in [5.74, 6) is 0.670. The van der Waals surface area contributed by atoms with Gasteiger partial charge in [0.2, 0.25) is 0 Å². The van der Waals surface area contributed by atoms with E-state index in [4.69, 9.17) is 0 Å². The second kappa shape index (κ2) is 3.70. The van der Waals surface area contributed by atoms with Crippen molar-refractivity contribution < 1.29 is 8.42 Å². The lowest BCUT2D eigenvalue weighted by Gasteiger charge is -2.29. The predicted octanol–water partition coefficient (Wildman–Crippen LogP) is 1.73. The molecule has 2 aliphatic rings. The van der Waals surface area contributed by atoms with Crippen molar-refractivity contribution in [1.29, 1.82) is 0 Å². The van der Waals surface area contributed by atoms with Crippen LogP contribution in [0.3, 0.4) is 0 Å². The second-order valence-corrected chi connectivity index (χ2v) is 8.84. The Morgan fingerprint density at radius 2 is 1.88 bits per heavy atom. The van der Waals surface area contributed by atoms with Gasteiger partial charge in [-0.05, 0) is 38.0 Å². The quantitative estimate of drug-likeness (QED) is 0.806. The molecule has 0 bridgehead atoms. The maximum absolute atomic E-state index is 11.5. The van der Waals surface area contributed by atoms with E-state index in [0.717, 1.165) is 6.42 Å². The van der Waals surface area contributed by atoms with Crippen LogP contribution in [-0.2, 0) is 9.84 Å². The fourth-order valence-corrected chi connectivity index (χ4v) is 5.28. The van der Waals surface area contributed by atoms with Crippen molar-refractivity contribution in [3.8, 4) is 0 Å². The van der Waals surface area contributed by atoms with Crippen molar-refractivity contribution in [2.75, 3.05) is 11.5 Å². The molecule has 0 radical (unpaired) electrons. The van der Waals surface area contributed by atoms with Gasteiger partial charge in [-0.15, -0.1) is 0 Å². The average molecular weight is 245 g/mol. The van der Waals surface area contributed by atoms with E-state index in [9.17, 15) is 8.42 Å². The van der Waals surface area contributed by atoms with Gasteiger partial charge >= 0.3 is 0 Å². The monoisotopic (exact) mass is 245 g/mol. The summed E-state index contributed by atoms with van der Waals surface area (Å²) in [6, 6.07) is 0.508. The molecular weight excluding hydrogens is 222 g/mol. The molecule has 2 unspecified atom stereocenters. The second-order valence-electron chi connectivity index (χ2n) is 6.65. The number of sulfone groups is 1. The number of rotatable bonds is 2. The van der Waals surface area contributed by atoms with Gasteiger partial charge in [0.25, 0.3) is 0 Å². The zero-order chi connectivity index (χ0) is 12.0. The van der Waals surface area contributed by atoms with Gasteiger partial charge in [-0.3, -0.25) is 0 Å². The van der Waals surface area contributed by atoms with E-state index in [1.807, 2.05) is 0 Å². The Labute approximate surface area is 98.9 Å². The van der Waals surface area contributed by atoms with Crippen molar-refractivity contribution in [3.05, 3.63) is 0 Å². The SMILES string of the molecule is CC1(C)CCC(NC2(C)CCS(=O)(=O)C2)C1. The highest BCUT2D eigenvalue weighted by atomic mass is 32.2. The van der Waals surface area contributed by atoms with Crippen LogP contribution >= 0.6 is 0 Å². The standard InChI is InChI=1S/C12H23NO2S/c1-11(2)5-4-10(8-11)13-12(3)6-7-16(14,15)9-12/h10,13H,4-9H2,1-3H3. The molecule has 1 saturated heterocycles. The number of hydrogen-bond acceptors (Lipinski definition) is 3. The van der Waals surface area contributed by atoms with Gasteiger partial charge in [0, 0.05) is 11.6 Å². The Morgan fingerprint density at radius 1 is 1.19 bits per heavy atom. The van der Waals surface area contributed by atoms with E-state index < -0.39 is 9.84 Å². The van der Waals surface area contributed by atoms with Crippen LogP contribution in [0.4, 0.5) is 0 Å². The Balaban J connectivity index is 1.96. The van der Waals surface area contributed by atoms with Gasteiger partial charge in [0.05, 0.1) is 11.5 Å². The molecule has 1 saturated carbocycles. The first kappa shape index (κ1) is 12.4. The molecule has 0 spiro atoms. The highest BCUT2D eigenvalue weighted by Gasteiger charge is 2.41. The highest BCUT2D eigenvalue weighted by Crippen LogP contribution is 2.38. The van der Waals surface area contributed by atoms with Gasteiger partial charge in [-0.1, -0.05) is 13.8 Å². The van der Waals surface area contributed by atoms with Crippen molar-refractivity contribution in [1.82, 2.24) is 5.32 Å². The highest BCUT2D eigenvalue weighted by molar-refractivity contribution is 7.91. The molecule has 1 N–H and O–H groups in total. The molecule has 1 aliphatic heterocycles. The Hall–Kier alpha value is -0.0900. The lowest BCUT2D eigenvalue weighted by atomic mass is 9.91. The van der Waals surface area contributed by atoms with E-state index in [1.165, 1.54) is 19.3 Å². The molecule has 2 fully saturated rings. The van der Waals surface area contributed by atoms with Crippen molar-refractivity contribution in [2.45, 2.75) is 58.0 Å². The summed E-state index contributed by atoms with van der Waals surface area (Å²) < 4.78 is 23.0. The van der Waals surface area contributed by atoms with Crippen molar-refractivity contribution in [3.63, 3.8) is 0 Å². The van der Waals surface area contributed by atoms with Crippen molar-refractivity contribution >= 4 is 9.84 Å². The summed E-state index contributed by atoms with van der Waals surface area (Å²) in [4.78, 5) is 0. The molecule has 16 heavy (non-hydrogen) atoms. The van der Waals surface area contributed by atoms with Gasteiger partial charge in [-0.2, -0.15) is 0 Å². The Morgan fingerprint density at radius 3 is 2.31 bits per heavy atom. The maximum Gasteiger partial charge on any atom is 0.152 e. The molecular formula is C12H23NO2S. The lowest BCUT2D eigenvalue weighted by Crippen LogP contribution is -2.48. The van der Waals surface area contributed by atoms with Crippen LogP contribution in [0.25, 0.3) is 0 Å². The predicted molar refractivity (Wildman–Crippen MR) is 66.2 cm³/mol. The Kier molecular flexibility index (Phi) is 2.86. The summed E-state index contributed by atoms with van der Waals surface area (Å²) in [5, 5.41) is 3.59. The molecule has 4 heteroatoms. The largest absolute Gasteiger partial charge is 0.308 e. The molecule has 3 nitrogen and oxygen atoms in total. The van der Waals surface area contributed by atoms with E-state index in [1.54, 1.807) is 0 Å². The van der Waals surface area contributed by atoms with Crippen LogP contribution in [0.1, 0.15) is 46.5 Å². The topological polar surface area (TPSA) is 46.2 Å². The number of nitrogens with one attached hydrogen (secondary N) is 1. The molecule has 0 amide bonds. The van der Waals surface area contributed by atoms with E-state index >= 15 is 0 Å². The summed E-state index contributed by atoms with van der Waals surface area (Å²) in [5.41, 5.74) is 0.245. The third-order valence-corrected chi connectivity index (χ3v) is 5.93. The van der Waals surface area contributed by atoms with Gasteiger partial charge in [0.1, 0.15) is 0 Å². The van der Waals surface area contributed by atoms with E-state index in [-0.39, 0.29) is 5.54 Å². The zero-order valence-electron chi connectivity index (χ0n) is 10.5. The zero-order valence-corrected chi connectivity index (χ0v) is 11.4. The van der Waals surface area contributed by atoms with Crippen LogP contribution in [-0.4, -0.2) is 31.5 Å². The molecule has 0 aromatic carbocycles. The summed E-state index contributed by atoms with van der Waals surface area (Å²) in [6.07, 6.45) is 4.37. The van der Waals surface area contributed by atoms with Crippen molar-refractivity contribution in [2.24, 2.45) is 5.41 Å². The molecule has 0 aromatic heterocycles. The fraction of sp³-hybridized carbons (Fsp3) is 1.00. The van der Waals surface area contributed by atoms with Crippen LogP contribution in [0.15, 0.2) is 0 Å². The normalized spacial score (nSPS) is 41.3. The molecule has 1 heterocycles. The van der Waals surface area contributed by atoms with Crippen LogP contribution < -0.4 is 5.32 Å². The minimum absolute atomic E-state index is 0.177. The number of hydrogen-bond donors (Lipinski definition) is 1. The first-order valence-corrected chi connectivity index (χ1v) is 8.00. The summed E-state index contributed by atoms with van der Waals surface area (Å²) in [6.45, 7) is 6.65. The molecule has 2 rings (SSSR count). The first-order valence-electron chi connectivity index (χ1n) is 6.18. The molecule has 2 atom stereocenters. The smallest absolute Gasteiger partial charge is 0.152 e. The van der Waals surface area contributed by atoms with Crippen LogP contribution in [0.2, 0.25) is 0 Å². The minimum atomic E-state index is -2.79. The molecule has 1 aliphatic carbocycles. The Bertz CT molecular complexity index is 374. The average Bonchev–Trinajstić information content (AvgIpc) is 2.53. The fourth-order valence-electron chi connectivity index (χ4n) is 3.18. The van der Waals surface area contributed by atoms with Gasteiger partial charge < -0.3 is 5.32 Å². The molecule has 0 aromatic rings. The lowest BCUT2D eigenvalue weighted by molar-refractivity contribution is 0.312. The summed E-state index contributed by atoms with van der Waals surface area (Å²) in [7, 11) is -2.79. The van der Waals surface area contributed by atoms with E-state index in [0.29, 0.717) is 23.0 Å². The third-order valence-electron chi connectivity index (χ3n) is 4.02. The van der Waals surface area contributed by atoms with Crippen LogP contribution in [0.5, 0.6) is 0 Å². The van der Waals surface area contributed by atoms with E-state index in [2.05, 4.69) is 26.1 Å². The minimum Gasteiger partial charge on any atom is -0.308 e. The maximum atomic E-state index is 11.5. The first-order chi connectivity index (χ1) is 7.20.